The quantitative estimate of drug-likeness (QED) is 0.780. The van der Waals surface area contributed by atoms with Crippen molar-refractivity contribution >= 4 is 17.3 Å². The largest absolute Gasteiger partial charge is 0.481 e. The number of nitrogens with zero attached hydrogens (tertiary/aromatic N) is 3. The zero-order valence-corrected chi connectivity index (χ0v) is 13.2. The Bertz CT molecular complexity index is 493. The van der Waals surface area contributed by atoms with E-state index >= 15 is 0 Å². The van der Waals surface area contributed by atoms with Gasteiger partial charge in [0.2, 0.25) is 0 Å². The van der Waals surface area contributed by atoms with E-state index in [9.17, 15) is 4.79 Å². The minimum absolute atomic E-state index is 0.133. The molecule has 5 nitrogen and oxygen atoms in total. The van der Waals surface area contributed by atoms with E-state index in [2.05, 4.69) is 47.7 Å². The number of anilines is 2. The first-order chi connectivity index (χ1) is 10.6. The standard InChI is InChI=1S/C17H25N3O2/c1-3-9-19(10-8-17(21)22)15-4-6-16(7-5-15)20-13-11-18(2)12-14-20/h3-7H,1,8-14H2,2H3,(H,21,22). The van der Waals surface area contributed by atoms with Crippen molar-refractivity contribution in [1.29, 1.82) is 0 Å². The molecular weight excluding hydrogens is 278 g/mol. The van der Waals surface area contributed by atoms with Gasteiger partial charge < -0.3 is 19.8 Å². The summed E-state index contributed by atoms with van der Waals surface area (Å²) in [5, 5.41) is 8.85. The smallest absolute Gasteiger partial charge is 0.305 e. The van der Waals surface area contributed by atoms with Crippen molar-refractivity contribution in [2.45, 2.75) is 6.42 Å². The van der Waals surface area contributed by atoms with E-state index in [1.165, 1.54) is 5.69 Å². The lowest BCUT2D eigenvalue weighted by atomic mass is 10.2. The van der Waals surface area contributed by atoms with Crippen LogP contribution in [0, 0.1) is 0 Å². The van der Waals surface area contributed by atoms with Crippen molar-refractivity contribution < 1.29 is 9.90 Å². The van der Waals surface area contributed by atoms with Crippen LogP contribution < -0.4 is 9.80 Å². The summed E-state index contributed by atoms with van der Waals surface area (Å²) >= 11 is 0. The average molecular weight is 303 g/mol. The van der Waals surface area contributed by atoms with Gasteiger partial charge in [0.1, 0.15) is 0 Å². The zero-order valence-electron chi connectivity index (χ0n) is 13.2. The normalized spacial score (nSPS) is 15.6. The monoisotopic (exact) mass is 303 g/mol. The highest BCUT2D eigenvalue weighted by molar-refractivity contribution is 5.68. The Balaban J connectivity index is 2.02. The van der Waals surface area contributed by atoms with E-state index in [0.29, 0.717) is 13.1 Å². The van der Waals surface area contributed by atoms with Gasteiger partial charge in [0.25, 0.3) is 0 Å². The summed E-state index contributed by atoms with van der Waals surface area (Å²) in [6.45, 7) is 9.16. The van der Waals surface area contributed by atoms with Gasteiger partial charge in [-0.1, -0.05) is 6.08 Å². The Morgan fingerprint density at radius 2 is 1.91 bits per heavy atom. The van der Waals surface area contributed by atoms with Gasteiger partial charge in [-0.25, -0.2) is 0 Å². The van der Waals surface area contributed by atoms with Gasteiger partial charge in [0.15, 0.2) is 0 Å². The highest BCUT2D eigenvalue weighted by Crippen LogP contribution is 2.22. The lowest BCUT2D eigenvalue weighted by Crippen LogP contribution is -2.44. The van der Waals surface area contributed by atoms with Crippen LogP contribution in [0.15, 0.2) is 36.9 Å². The Kier molecular flexibility index (Phi) is 5.83. The van der Waals surface area contributed by atoms with E-state index in [-0.39, 0.29) is 6.42 Å². The number of carbonyl (C=O) groups is 1. The molecule has 0 saturated carbocycles. The summed E-state index contributed by atoms with van der Waals surface area (Å²) < 4.78 is 0. The SMILES string of the molecule is C=CCN(CCC(=O)O)c1ccc(N2CCN(C)CC2)cc1. The zero-order chi connectivity index (χ0) is 15.9. The van der Waals surface area contributed by atoms with E-state index in [1.807, 2.05) is 4.90 Å². The number of piperazine rings is 1. The first-order valence-corrected chi connectivity index (χ1v) is 7.71. The second kappa shape index (κ2) is 7.84. The summed E-state index contributed by atoms with van der Waals surface area (Å²) in [5.74, 6) is -0.775. The van der Waals surface area contributed by atoms with Gasteiger partial charge in [-0.15, -0.1) is 6.58 Å². The predicted octanol–water partition coefficient (Wildman–Crippen LogP) is 1.91. The number of likely N-dealkylation sites (N-methyl/N-ethyl adjacent to an activating group) is 1. The lowest BCUT2D eigenvalue weighted by Gasteiger charge is -2.34. The first kappa shape index (κ1) is 16.4. The maximum absolute atomic E-state index is 10.8. The number of benzene rings is 1. The Labute approximate surface area is 132 Å². The molecule has 1 aromatic carbocycles. The maximum Gasteiger partial charge on any atom is 0.305 e. The third-order valence-corrected chi connectivity index (χ3v) is 4.03. The van der Waals surface area contributed by atoms with Gasteiger partial charge in [-0.2, -0.15) is 0 Å². The molecule has 5 heteroatoms. The molecule has 1 aliphatic rings. The van der Waals surface area contributed by atoms with Gasteiger partial charge in [-0.3, -0.25) is 4.79 Å². The Morgan fingerprint density at radius 1 is 1.27 bits per heavy atom. The molecular formula is C17H25N3O2. The molecule has 1 saturated heterocycles. The minimum Gasteiger partial charge on any atom is -0.481 e. The number of hydrogen-bond acceptors (Lipinski definition) is 4. The molecule has 0 aliphatic carbocycles. The summed E-state index contributed by atoms with van der Waals surface area (Å²) in [5.41, 5.74) is 2.27. The minimum atomic E-state index is -0.775. The molecule has 0 radical (unpaired) electrons. The van der Waals surface area contributed by atoms with Crippen LogP contribution in [0.5, 0.6) is 0 Å². The second-order valence-corrected chi connectivity index (χ2v) is 5.69. The summed E-state index contributed by atoms with van der Waals surface area (Å²) in [7, 11) is 2.15. The predicted molar refractivity (Wildman–Crippen MR) is 90.8 cm³/mol. The van der Waals surface area contributed by atoms with Crippen LogP contribution in [0.2, 0.25) is 0 Å². The fourth-order valence-electron chi connectivity index (χ4n) is 2.65. The van der Waals surface area contributed by atoms with Gasteiger partial charge in [-0.05, 0) is 31.3 Å². The van der Waals surface area contributed by atoms with E-state index in [0.717, 1.165) is 31.9 Å². The molecule has 1 fully saturated rings. The van der Waals surface area contributed by atoms with Crippen molar-refractivity contribution in [3.8, 4) is 0 Å². The number of hydrogen-bond donors (Lipinski definition) is 1. The van der Waals surface area contributed by atoms with Crippen LogP contribution in [0.4, 0.5) is 11.4 Å². The first-order valence-electron chi connectivity index (χ1n) is 7.71. The molecule has 0 aromatic heterocycles. The highest BCUT2D eigenvalue weighted by Gasteiger charge is 2.14. The summed E-state index contributed by atoms with van der Waals surface area (Å²) in [6.07, 6.45) is 1.93. The van der Waals surface area contributed by atoms with Crippen LogP contribution in [-0.2, 0) is 4.79 Å². The molecule has 0 atom stereocenters. The number of carboxylic acids is 1. The summed E-state index contributed by atoms with van der Waals surface area (Å²) in [4.78, 5) is 17.5. The molecule has 0 bridgehead atoms. The molecule has 0 unspecified atom stereocenters. The van der Waals surface area contributed by atoms with Crippen LogP contribution in [0.3, 0.4) is 0 Å². The third-order valence-electron chi connectivity index (χ3n) is 4.03. The van der Waals surface area contributed by atoms with Crippen molar-refractivity contribution in [2.75, 3.05) is 56.1 Å². The lowest BCUT2D eigenvalue weighted by molar-refractivity contribution is -0.136. The van der Waals surface area contributed by atoms with Crippen molar-refractivity contribution in [2.24, 2.45) is 0 Å². The van der Waals surface area contributed by atoms with Crippen molar-refractivity contribution in [3.63, 3.8) is 0 Å². The Morgan fingerprint density at radius 3 is 2.45 bits per heavy atom. The van der Waals surface area contributed by atoms with E-state index < -0.39 is 5.97 Å². The highest BCUT2D eigenvalue weighted by atomic mass is 16.4. The van der Waals surface area contributed by atoms with Crippen LogP contribution in [0.1, 0.15) is 6.42 Å². The maximum atomic E-state index is 10.8. The third kappa shape index (κ3) is 4.49. The molecule has 0 spiro atoms. The van der Waals surface area contributed by atoms with Crippen LogP contribution in [-0.4, -0.2) is 62.3 Å². The fraction of sp³-hybridized carbons (Fsp3) is 0.471. The van der Waals surface area contributed by atoms with Gasteiger partial charge >= 0.3 is 5.97 Å². The summed E-state index contributed by atoms with van der Waals surface area (Å²) in [6, 6.07) is 8.38. The van der Waals surface area contributed by atoms with E-state index in [4.69, 9.17) is 5.11 Å². The number of carboxylic acid groups (broad SMARTS) is 1. The molecule has 22 heavy (non-hydrogen) atoms. The molecule has 0 amide bonds. The van der Waals surface area contributed by atoms with Crippen molar-refractivity contribution in [1.82, 2.24) is 4.90 Å². The van der Waals surface area contributed by atoms with E-state index in [1.54, 1.807) is 6.08 Å². The van der Waals surface area contributed by atoms with Gasteiger partial charge in [0, 0.05) is 50.6 Å². The fourth-order valence-corrected chi connectivity index (χ4v) is 2.65. The average Bonchev–Trinajstić information content (AvgIpc) is 2.52. The molecule has 1 heterocycles. The Hall–Kier alpha value is -2.01. The number of aliphatic carboxylic acids is 1. The van der Waals surface area contributed by atoms with Crippen LogP contribution in [0.25, 0.3) is 0 Å². The molecule has 1 aromatic rings. The topological polar surface area (TPSA) is 47.0 Å². The molecule has 2 rings (SSSR count). The molecule has 1 N–H and O–H groups in total. The van der Waals surface area contributed by atoms with Gasteiger partial charge in [0.05, 0.1) is 6.42 Å². The molecule has 120 valence electrons. The molecule has 1 aliphatic heterocycles. The number of rotatable bonds is 7. The second-order valence-electron chi connectivity index (χ2n) is 5.69. The van der Waals surface area contributed by atoms with Crippen molar-refractivity contribution in [3.05, 3.63) is 36.9 Å². The van der Waals surface area contributed by atoms with Crippen LogP contribution >= 0.6 is 0 Å².